The number of alkyl halides is 3. The zero-order chi connectivity index (χ0) is 27.6. The monoisotopic (exact) mass is 538 g/mol. The first-order chi connectivity index (χ1) is 18.7. The third kappa shape index (κ3) is 6.08. The molecule has 6 nitrogen and oxygen atoms in total. The van der Waals surface area contributed by atoms with E-state index in [9.17, 15) is 22.8 Å². The van der Waals surface area contributed by atoms with Gasteiger partial charge in [0, 0.05) is 42.2 Å². The number of fused-ring (bicyclic) bond motifs is 1. The standard InChI is InChI=1S/C30H33F3N4O2/c1-19(20-7-3-2-4-8-20)35-29(39)27-23-9-5-6-10-25(23)36-28(21-11-13-22(14-12-21)30(31,32)33)24(27)17-37-16-15-34-26(38)18-37/h5-6,9-14,19-20H,2-4,7-8,15-18H2,1H3,(H,34,38)(H,35,39)/t19-/m0/s1. The number of pyridine rings is 1. The summed E-state index contributed by atoms with van der Waals surface area (Å²) in [5.74, 6) is 0.0683. The second kappa shape index (κ2) is 11.3. The molecule has 2 fully saturated rings. The van der Waals surface area contributed by atoms with Crippen molar-refractivity contribution >= 4 is 22.7 Å². The van der Waals surface area contributed by atoms with Gasteiger partial charge < -0.3 is 10.6 Å². The molecule has 5 rings (SSSR count). The van der Waals surface area contributed by atoms with E-state index in [4.69, 9.17) is 4.98 Å². The molecule has 2 aliphatic rings. The van der Waals surface area contributed by atoms with Gasteiger partial charge in [0.25, 0.3) is 5.91 Å². The second-order valence-corrected chi connectivity index (χ2v) is 10.6. The molecule has 0 spiro atoms. The fraction of sp³-hybridized carbons (Fsp3) is 0.433. The number of hydrogen-bond acceptors (Lipinski definition) is 4. The highest BCUT2D eigenvalue weighted by Crippen LogP contribution is 2.35. The van der Waals surface area contributed by atoms with Crippen molar-refractivity contribution < 1.29 is 22.8 Å². The van der Waals surface area contributed by atoms with Crippen molar-refractivity contribution in [1.82, 2.24) is 20.5 Å². The Bertz CT molecular complexity index is 1350. The number of rotatable bonds is 6. The van der Waals surface area contributed by atoms with E-state index in [1.54, 1.807) is 0 Å². The Labute approximate surface area is 226 Å². The Balaban J connectivity index is 1.62. The summed E-state index contributed by atoms with van der Waals surface area (Å²) in [5.41, 5.74) is 1.84. The fourth-order valence-electron chi connectivity index (χ4n) is 5.80. The van der Waals surface area contributed by atoms with Crippen LogP contribution in [0.2, 0.25) is 0 Å². The predicted octanol–water partition coefficient (Wildman–Crippen LogP) is 5.55. The van der Waals surface area contributed by atoms with Gasteiger partial charge in [0.2, 0.25) is 5.91 Å². The van der Waals surface area contributed by atoms with Crippen LogP contribution in [0.1, 0.15) is 60.5 Å². The van der Waals surface area contributed by atoms with Crippen LogP contribution in [0.25, 0.3) is 22.2 Å². The van der Waals surface area contributed by atoms with Crippen LogP contribution < -0.4 is 10.6 Å². The second-order valence-electron chi connectivity index (χ2n) is 10.6. The van der Waals surface area contributed by atoms with Gasteiger partial charge in [0.15, 0.2) is 0 Å². The van der Waals surface area contributed by atoms with Crippen LogP contribution in [-0.2, 0) is 17.5 Å². The van der Waals surface area contributed by atoms with E-state index in [2.05, 4.69) is 10.6 Å². The van der Waals surface area contributed by atoms with Gasteiger partial charge in [0.1, 0.15) is 0 Å². The van der Waals surface area contributed by atoms with E-state index in [0.717, 1.165) is 37.8 Å². The largest absolute Gasteiger partial charge is 0.416 e. The van der Waals surface area contributed by atoms with Gasteiger partial charge in [-0.15, -0.1) is 0 Å². The zero-order valence-corrected chi connectivity index (χ0v) is 22.0. The quantitative estimate of drug-likeness (QED) is 0.432. The number of hydrogen-bond donors (Lipinski definition) is 2. The minimum Gasteiger partial charge on any atom is -0.354 e. The minimum absolute atomic E-state index is 0.0205. The summed E-state index contributed by atoms with van der Waals surface area (Å²) in [6, 6.07) is 12.2. The molecule has 9 heteroatoms. The highest BCUT2D eigenvalue weighted by Gasteiger charge is 2.31. The normalized spacial score (nSPS) is 18.1. The molecular formula is C30H33F3N4O2. The number of piperazine rings is 1. The first-order valence-corrected chi connectivity index (χ1v) is 13.6. The molecule has 2 amide bonds. The van der Waals surface area contributed by atoms with E-state index in [0.29, 0.717) is 52.3 Å². The predicted molar refractivity (Wildman–Crippen MR) is 144 cm³/mol. The molecule has 1 aromatic heterocycles. The Morgan fingerprint density at radius 3 is 2.51 bits per heavy atom. The Morgan fingerprint density at radius 1 is 1.10 bits per heavy atom. The molecule has 206 valence electrons. The average molecular weight is 539 g/mol. The van der Waals surface area contributed by atoms with Crippen molar-refractivity contribution in [2.45, 2.75) is 57.8 Å². The Kier molecular flexibility index (Phi) is 7.88. The Morgan fingerprint density at radius 2 is 1.82 bits per heavy atom. The molecule has 2 heterocycles. The van der Waals surface area contributed by atoms with E-state index in [-0.39, 0.29) is 30.9 Å². The maximum Gasteiger partial charge on any atom is 0.416 e. The molecule has 1 saturated heterocycles. The summed E-state index contributed by atoms with van der Waals surface area (Å²) in [7, 11) is 0. The van der Waals surface area contributed by atoms with Crippen LogP contribution in [0.4, 0.5) is 13.2 Å². The van der Waals surface area contributed by atoms with Gasteiger partial charge in [0.05, 0.1) is 28.9 Å². The van der Waals surface area contributed by atoms with Gasteiger partial charge in [-0.1, -0.05) is 49.6 Å². The third-order valence-electron chi connectivity index (χ3n) is 7.92. The SMILES string of the molecule is C[C@H](NC(=O)c1c(CN2CCNC(=O)C2)c(-c2ccc(C(F)(F)F)cc2)nc2ccccc12)C1CCCCC1. The van der Waals surface area contributed by atoms with Crippen LogP contribution in [0.3, 0.4) is 0 Å². The van der Waals surface area contributed by atoms with Crippen molar-refractivity contribution in [2.75, 3.05) is 19.6 Å². The van der Waals surface area contributed by atoms with Gasteiger partial charge in [-0.2, -0.15) is 13.2 Å². The van der Waals surface area contributed by atoms with Crippen molar-refractivity contribution in [3.05, 3.63) is 65.2 Å². The van der Waals surface area contributed by atoms with Gasteiger partial charge >= 0.3 is 6.18 Å². The zero-order valence-electron chi connectivity index (χ0n) is 22.0. The van der Waals surface area contributed by atoms with Crippen LogP contribution in [-0.4, -0.2) is 47.4 Å². The number of para-hydroxylation sites is 1. The van der Waals surface area contributed by atoms with Crippen molar-refractivity contribution in [3.63, 3.8) is 0 Å². The number of aromatic nitrogens is 1. The van der Waals surface area contributed by atoms with Crippen molar-refractivity contribution in [1.29, 1.82) is 0 Å². The lowest BCUT2D eigenvalue weighted by Gasteiger charge is -2.30. The number of amides is 2. The molecule has 1 aliphatic heterocycles. The summed E-state index contributed by atoms with van der Waals surface area (Å²) in [4.78, 5) is 33.0. The summed E-state index contributed by atoms with van der Waals surface area (Å²) in [6.45, 7) is 3.55. The first kappa shape index (κ1) is 27.1. The Hall–Kier alpha value is -3.46. The number of halogens is 3. The number of carbonyl (C=O) groups is 2. The molecule has 2 N–H and O–H groups in total. The smallest absolute Gasteiger partial charge is 0.354 e. The molecule has 0 radical (unpaired) electrons. The lowest BCUT2D eigenvalue weighted by molar-refractivity contribution is -0.137. The number of carbonyl (C=O) groups excluding carboxylic acids is 2. The maximum absolute atomic E-state index is 14.0. The minimum atomic E-state index is -4.46. The number of nitrogens with one attached hydrogen (secondary N) is 2. The van der Waals surface area contributed by atoms with Gasteiger partial charge in [-0.3, -0.25) is 14.5 Å². The molecule has 1 saturated carbocycles. The number of benzene rings is 2. The van der Waals surface area contributed by atoms with Crippen molar-refractivity contribution in [3.8, 4) is 11.3 Å². The average Bonchev–Trinajstić information content (AvgIpc) is 2.92. The van der Waals surface area contributed by atoms with Crippen LogP contribution in [0, 0.1) is 5.92 Å². The van der Waals surface area contributed by atoms with E-state index >= 15 is 0 Å². The van der Waals surface area contributed by atoms with Crippen LogP contribution in [0.15, 0.2) is 48.5 Å². The van der Waals surface area contributed by atoms with Crippen molar-refractivity contribution in [2.24, 2.45) is 5.92 Å². The molecular weight excluding hydrogens is 505 g/mol. The first-order valence-electron chi connectivity index (χ1n) is 13.6. The topological polar surface area (TPSA) is 74.3 Å². The summed E-state index contributed by atoms with van der Waals surface area (Å²) >= 11 is 0. The molecule has 39 heavy (non-hydrogen) atoms. The van der Waals surface area contributed by atoms with E-state index in [1.165, 1.54) is 18.6 Å². The maximum atomic E-state index is 14.0. The molecule has 1 aliphatic carbocycles. The van der Waals surface area contributed by atoms with Gasteiger partial charge in [-0.25, -0.2) is 4.98 Å². The highest BCUT2D eigenvalue weighted by molar-refractivity contribution is 6.09. The molecule has 2 aromatic carbocycles. The highest BCUT2D eigenvalue weighted by atomic mass is 19.4. The summed E-state index contributed by atoms with van der Waals surface area (Å²) in [6.07, 6.45) is 1.22. The van der Waals surface area contributed by atoms with E-state index in [1.807, 2.05) is 36.1 Å². The molecule has 3 aromatic rings. The summed E-state index contributed by atoms with van der Waals surface area (Å²) in [5, 5.41) is 6.73. The molecule has 0 bridgehead atoms. The summed E-state index contributed by atoms with van der Waals surface area (Å²) < 4.78 is 39.9. The van der Waals surface area contributed by atoms with Crippen LogP contribution in [0.5, 0.6) is 0 Å². The number of nitrogens with zero attached hydrogens (tertiary/aromatic N) is 2. The van der Waals surface area contributed by atoms with Gasteiger partial charge in [-0.05, 0) is 43.9 Å². The van der Waals surface area contributed by atoms with E-state index < -0.39 is 11.7 Å². The molecule has 1 atom stereocenters. The lowest BCUT2D eigenvalue weighted by Crippen LogP contribution is -2.47. The fourth-order valence-corrected chi connectivity index (χ4v) is 5.80. The molecule has 0 unspecified atom stereocenters. The lowest BCUT2D eigenvalue weighted by atomic mass is 9.84. The van der Waals surface area contributed by atoms with Crippen LogP contribution >= 0.6 is 0 Å². The third-order valence-corrected chi connectivity index (χ3v) is 7.92.